The molecular formula is C15H15N5O3S2. The number of aryl methyl sites for hydroxylation is 1. The topological polar surface area (TPSA) is 110 Å². The van der Waals surface area contributed by atoms with E-state index >= 15 is 0 Å². The lowest BCUT2D eigenvalue weighted by atomic mass is 10.3. The molecule has 0 spiro atoms. The minimum absolute atomic E-state index is 0.0614. The van der Waals surface area contributed by atoms with Crippen molar-refractivity contribution in [1.82, 2.24) is 25.3 Å². The molecule has 0 atom stereocenters. The van der Waals surface area contributed by atoms with Gasteiger partial charge < -0.3 is 10.4 Å². The molecule has 3 aromatic heterocycles. The Labute approximate surface area is 151 Å². The van der Waals surface area contributed by atoms with Crippen LogP contribution in [0.3, 0.4) is 0 Å². The van der Waals surface area contributed by atoms with Gasteiger partial charge in [-0.3, -0.25) is 4.79 Å². The zero-order valence-corrected chi connectivity index (χ0v) is 14.9. The Hall–Kier alpha value is -2.59. The van der Waals surface area contributed by atoms with Crippen LogP contribution in [0.5, 0.6) is 0 Å². The highest BCUT2D eigenvalue weighted by Crippen LogP contribution is 2.29. The molecule has 8 nitrogen and oxygen atoms in total. The third-order valence-corrected chi connectivity index (χ3v) is 5.23. The van der Waals surface area contributed by atoms with Crippen molar-refractivity contribution >= 4 is 34.6 Å². The van der Waals surface area contributed by atoms with Gasteiger partial charge in [-0.25, -0.2) is 14.5 Å². The molecule has 0 fully saturated rings. The van der Waals surface area contributed by atoms with Gasteiger partial charge >= 0.3 is 5.97 Å². The normalized spacial score (nSPS) is 10.8. The summed E-state index contributed by atoms with van der Waals surface area (Å²) in [5.74, 6) is -1.41. The molecule has 3 aromatic rings. The monoisotopic (exact) mass is 377 g/mol. The summed E-state index contributed by atoms with van der Waals surface area (Å²) < 4.78 is 1.20. The number of carbonyl (C=O) groups excluding carboxylic acids is 1. The average Bonchev–Trinajstić information content (AvgIpc) is 3.27. The first-order chi connectivity index (χ1) is 12.0. The smallest absolute Gasteiger partial charge is 0.358 e. The fourth-order valence-corrected chi connectivity index (χ4v) is 3.78. The summed E-state index contributed by atoms with van der Waals surface area (Å²) in [4.78, 5) is 29.3. The van der Waals surface area contributed by atoms with E-state index in [9.17, 15) is 9.59 Å². The van der Waals surface area contributed by atoms with Gasteiger partial charge in [0.05, 0.1) is 21.8 Å². The van der Waals surface area contributed by atoms with Crippen LogP contribution < -0.4 is 5.32 Å². The quantitative estimate of drug-likeness (QED) is 0.650. The van der Waals surface area contributed by atoms with Crippen molar-refractivity contribution in [3.63, 3.8) is 0 Å². The molecule has 0 aliphatic carbocycles. The lowest BCUT2D eigenvalue weighted by Crippen LogP contribution is -2.29. The van der Waals surface area contributed by atoms with Gasteiger partial charge in [0.2, 0.25) is 5.91 Å². The number of hydrogen-bond donors (Lipinski definition) is 2. The van der Waals surface area contributed by atoms with Crippen molar-refractivity contribution in [1.29, 1.82) is 0 Å². The van der Waals surface area contributed by atoms with Gasteiger partial charge in [-0.05, 0) is 25.5 Å². The molecular weight excluding hydrogens is 362 g/mol. The Kier molecular flexibility index (Phi) is 5.19. The van der Waals surface area contributed by atoms with Crippen LogP contribution in [-0.4, -0.2) is 43.5 Å². The number of thiazole rings is 1. The molecule has 0 aromatic carbocycles. The Balaban J connectivity index is 1.47. The Bertz CT molecular complexity index is 899. The minimum Gasteiger partial charge on any atom is -0.476 e. The summed E-state index contributed by atoms with van der Waals surface area (Å²) in [6.07, 6.45) is 1.95. The van der Waals surface area contributed by atoms with Crippen molar-refractivity contribution in [3.8, 4) is 10.6 Å². The number of carboxylic acids is 1. The van der Waals surface area contributed by atoms with E-state index in [-0.39, 0.29) is 18.1 Å². The zero-order valence-electron chi connectivity index (χ0n) is 13.3. The van der Waals surface area contributed by atoms with Gasteiger partial charge in [-0.15, -0.1) is 27.8 Å². The number of nitrogens with one attached hydrogen (secondary N) is 1. The van der Waals surface area contributed by atoms with Crippen molar-refractivity contribution in [2.75, 3.05) is 6.54 Å². The number of amides is 1. The molecule has 0 bridgehead atoms. The van der Waals surface area contributed by atoms with E-state index in [0.29, 0.717) is 6.54 Å². The van der Waals surface area contributed by atoms with Gasteiger partial charge in [-0.1, -0.05) is 5.21 Å². The second kappa shape index (κ2) is 7.53. The number of aromatic carboxylic acids is 1. The van der Waals surface area contributed by atoms with E-state index in [4.69, 9.17) is 5.11 Å². The second-order valence-electron chi connectivity index (χ2n) is 5.22. The Morgan fingerprint density at radius 3 is 2.88 bits per heavy atom. The maximum absolute atomic E-state index is 11.9. The SMILES string of the molecule is Cc1nc(-c2ccc(CCNC(=O)Cn3cc(C(=O)O)nn3)s2)cs1. The molecule has 3 rings (SSSR count). The third-order valence-electron chi connectivity index (χ3n) is 3.29. The average molecular weight is 377 g/mol. The number of rotatable bonds is 7. The van der Waals surface area contributed by atoms with Crippen molar-refractivity contribution in [2.45, 2.75) is 19.9 Å². The standard InChI is InChI=1S/C15H15N5O3S2/c1-9-17-12(8-24-9)13-3-2-10(25-13)4-5-16-14(21)7-20-6-11(15(22)23)18-19-20/h2-3,6,8H,4-5,7H2,1H3,(H,16,21)(H,22,23). The number of aromatic nitrogens is 4. The Morgan fingerprint density at radius 2 is 2.20 bits per heavy atom. The van der Waals surface area contributed by atoms with Gasteiger partial charge in [0.15, 0.2) is 5.69 Å². The molecule has 0 aliphatic rings. The van der Waals surface area contributed by atoms with Crippen LogP contribution in [0.4, 0.5) is 0 Å². The van der Waals surface area contributed by atoms with E-state index in [0.717, 1.165) is 26.9 Å². The fourth-order valence-electron chi connectivity index (χ4n) is 2.13. The molecule has 2 N–H and O–H groups in total. The van der Waals surface area contributed by atoms with E-state index in [1.165, 1.54) is 10.9 Å². The number of hydrogen-bond acceptors (Lipinski definition) is 7. The molecule has 0 saturated carbocycles. The fraction of sp³-hybridized carbons (Fsp3) is 0.267. The summed E-state index contributed by atoms with van der Waals surface area (Å²) in [6, 6.07) is 4.08. The van der Waals surface area contributed by atoms with Gasteiger partial charge in [0.25, 0.3) is 0 Å². The van der Waals surface area contributed by atoms with Gasteiger partial charge in [0.1, 0.15) is 6.54 Å². The van der Waals surface area contributed by atoms with E-state index in [2.05, 4.69) is 20.6 Å². The number of carboxylic acid groups (broad SMARTS) is 1. The molecule has 1 amide bonds. The highest BCUT2D eigenvalue weighted by Gasteiger charge is 2.11. The number of thiophene rings is 1. The van der Waals surface area contributed by atoms with E-state index in [1.807, 2.05) is 24.4 Å². The summed E-state index contributed by atoms with van der Waals surface area (Å²) in [7, 11) is 0. The van der Waals surface area contributed by atoms with Crippen molar-refractivity contribution in [2.24, 2.45) is 0 Å². The van der Waals surface area contributed by atoms with Crippen LogP contribution in [0.2, 0.25) is 0 Å². The highest BCUT2D eigenvalue weighted by molar-refractivity contribution is 7.16. The van der Waals surface area contributed by atoms with E-state index < -0.39 is 5.97 Å². The largest absolute Gasteiger partial charge is 0.476 e. The van der Waals surface area contributed by atoms with Crippen LogP contribution in [-0.2, 0) is 17.8 Å². The predicted octanol–water partition coefficient (Wildman–Crippen LogP) is 1.83. The van der Waals surface area contributed by atoms with Crippen LogP contribution in [0, 0.1) is 6.92 Å². The first-order valence-corrected chi connectivity index (χ1v) is 9.12. The first kappa shape index (κ1) is 17.2. The maximum Gasteiger partial charge on any atom is 0.358 e. The summed E-state index contributed by atoms with van der Waals surface area (Å²) in [5, 5.41) is 21.7. The second-order valence-corrected chi connectivity index (χ2v) is 7.45. The number of carbonyl (C=O) groups is 2. The first-order valence-electron chi connectivity index (χ1n) is 7.42. The number of nitrogens with zero attached hydrogens (tertiary/aromatic N) is 4. The summed E-state index contributed by atoms with van der Waals surface area (Å²) >= 11 is 3.28. The molecule has 0 aliphatic heterocycles. The predicted molar refractivity (Wildman–Crippen MR) is 93.9 cm³/mol. The van der Waals surface area contributed by atoms with Gasteiger partial charge in [0, 0.05) is 16.8 Å². The molecule has 25 heavy (non-hydrogen) atoms. The highest BCUT2D eigenvalue weighted by atomic mass is 32.1. The maximum atomic E-state index is 11.9. The molecule has 0 saturated heterocycles. The van der Waals surface area contributed by atoms with Crippen LogP contribution in [0.1, 0.15) is 20.4 Å². The molecule has 130 valence electrons. The Morgan fingerprint density at radius 1 is 1.36 bits per heavy atom. The zero-order chi connectivity index (χ0) is 17.8. The minimum atomic E-state index is -1.17. The van der Waals surface area contributed by atoms with Crippen molar-refractivity contribution < 1.29 is 14.7 Å². The lowest BCUT2D eigenvalue weighted by molar-refractivity contribution is -0.121. The van der Waals surface area contributed by atoms with Crippen LogP contribution >= 0.6 is 22.7 Å². The third kappa shape index (κ3) is 4.48. The van der Waals surface area contributed by atoms with Crippen LogP contribution in [0.15, 0.2) is 23.7 Å². The summed E-state index contributed by atoms with van der Waals surface area (Å²) in [5.41, 5.74) is 0.805. The summed E-state index contributed by atoms with van der Waals surface area (Å²) in [6.45, 7) is 2.41. The van der Waals surface area contributed by atoms with Crippen LogP contribution in [0.25, 0.3) is 10.6 Å². The molecule has 0 radical (unpaired) electrons. The van der Waals surface area contributed by atoms with E-state index in [1.54, 1.807) is 22.7 Å². The van der Waals surface area contributed by atoms with Gasteiger partial charge in [-0.2, -0.15) is 0 Å². The molecule has 3 heterocycles. The van der Waals surface area contributed by atoms with Crippen molar-refractivity contribution in [3.05, 3.63) is 39.3 Å². The lowest BCUT2D eigenvalue weighted by Gasteiger charge is -2.03. The molecule has 10 heteroatoms. The molecule has 0 unspecified atom stereocenters.